The molecular formula is C28H25N3O. The van der Waals surface area contributed by atoms with Crippen LogP contribution in [0.4, 0.5) is 17.2 Å². The number of aromatic nitrogens is 1. The Hall–Kier alpha value is -3.79. The highest BCUT2D eigenvalue weighted by Crippen LogP contribution is 2.45. The molecule has 0 amide bonds. The molecule has 4 nitrogen and oxygen atoms in total. The van der Waals surface area contributed by atoms with Gasteiger partial charge in [0.15, 0.2) is 0 Å². The van der Waals surface area contributed by atoms with Crippen LogP contribution in [0.25, 0.3) is 33.2 Å². The standard InChI is InChI=1S/C28H25N3O/c1-18(2)30-19(3)31(25-15-6-5-14-24(25)30)27-17-9-13-23(29-27)22-12-8-11-21-20-10-4-7-16-26(20)32-28(21)22/h4-19H,1-3H3. The van der Waals surface area contributed by atoms with Crippen molar-refractivity contribution < 1.29 is 4.42 Å². The number of nitrogens with zero attached hydrogens (tertiary/aromatic N) is 3. The molecule has 0 N–H and O–H groups in total. The third-order valence-electron chi connectivity index (χ3n) is 6.41. The number of furan rings is 1. The topological polar surface area (TPSA) is 32.5 Å². The first-order chi connectivity index (χ1) is 15.6. The van der Waals surface area contributed by atoms with Crippen LogP contribution in [0, 0.1) is 0 Å². The van der Waals surface area contributed by atoms with Gasteiger partial charge in [0, 0.05) is 22.4 Å². The molecular weight excluding hydrogens is 394 g/mol. The molecule has 5 aromatic rings. The van der Waals surface area contributed by atoms with Crippen LogP contribution in [0.15, 0.2) is 89.3 Å². The zero-order valence-corrected chi connectivity index (χ0v) is 18.5. The van der Waals surface area contributed by atoms with Crippen molar-refractivity contribution in [1.82, 2.24) is 4.98 Å². The molecule has 0 saturated carbocycles. The molecule has 6 rings (SSSR count). The maximum atomic E-state index is 6.27. The summed E-state index contributed by atoms with van der Waals surface area (Å²) in [5.41, 5.74) is 6.17. The maximum Gasteiger partial charge on any atom is 0.144 e. The smallest absolute Gasteiger partial charge is 0.144 e. The van der Waals surface area contributed by atoms with Crippen LogP contribution in [-0.4, -0.2) is 17.2 Å². The molecule has 0 aliphatic carbocycles. The summed E-state index contributed by atoms with van der Waals surface area (Å²) in [5, 5.41) is 2.26. The summed E-state index contributed by atoms with van der Waals surface area (Å²) in [5.74, 6) is 0.943. The molecule has 0 spiro atoms. The number of fused-ring (bicyclic) bond motifs is 4. The Morgan fingerprint density at radius 2 is 1.50 bits per heavy atom. The van der Waals surface area contributed by atoms with Gasteiger partial charge in [0.1, 0.15) is 23.1 Å². The van der Waals surface area contributed by atoms with E-state index >= 15 is 0 Å². The monoisotopic (exact) mass is 419 g/mol. The van der Waals surface area contributed by atoms with Crippen molar-refractivity contribution in [2.24, 2.45) is 0 Å². The Morgan fingerprint density at radius 3 is 2.34 bits per heavy atom. The largest absolute Gasteiger partial charge is 0.455 e. The number of rotatable bonds is 3. The molecule has 2 aromatic heterocycles. The predicted molar refractivity (Wildman–Crippen MR) is 133 cm³/mol. The van der Waals surface area contributed by atoms with Crippen molar-refractivity contribution in [3.05, 3.63) is 84.9 Å². The summed E-state index contributed by atoms with van der Waals surface area (Å²) in [7, 11) is 0. The van der Waals surface area contributed by atoms with Crippen molar-refractivity contribution >= 4 is 39.1 Å². The van der Waals surface area contributed by atoms with Gasteiger partial charge < -0.3 is 14.2 Å². The predicted octanol–water partition coefficient (Wildman–Crippen LogP) is 7.36. The van der Waals surface area contributed by atoms with Gasteiger partial charge in [-0.15, -0.1) is 0 Å². The van der Waals surface area contributed by atoms with E-state index in [0.717, 1.165) is 39.0 Å². The zero-order valence-electron chi connectivity index (χ0n) is 18.5. The molecule has 32 heavy (non-hydrogen) atoms. The number of anilines is 3. The van der Waals surface area contributed by atoms with E-state index in [0.29, 0.717) is 6.04 Å². The second-order valence-electron chi connectivity index (χ2n) is 8.65. The Morgan fingerprint density at radius 1 is 0.781 bits per heavy atom. The van der Waals surface area contributed by atoms with E-state index in [4.69, 9.17) is 9.40 Å². The quantitative estimate of drug-likeness (QED) is 0.306. The SMILES string of the molecule is CC(C)N1c2ccccc2N(c2cccc(-c3cccc4c3oc3ccccc34)n2)C1C. The van der Waals surface area contributed by atoms with E-state index < -0.39 is 0 Å². The molecule has 158 valence electrons. The van der Waals surface area contributed by atoms with Crippen LogP contribution in [0.2, 0.25) is 0 Å². The fraction of sp³-hybridized carbons (Fsp3) is 0.179. The van der Waals surface area contributed by atoms with Crippen LogP contribution >= 0.6 is 0 Å². The van der Waals surface area contributed by atoms with Crippen molar-refractivity contribution in [2.45, 2.75) is 33.0 Å². The molecule has 0 saturated heterocycles. The normalized spacial score (nSPS) is 15.8. The number of pyridine rings is 1. The lowest BCUT2D eigenvalue weighted by Crippen LogP contribution is -2.42. The van der Waals surface area contributed by atoms with Gasteiger partial charge in [-0.1, -0.05) is 48.5 Å². The molecule has 0 bridgehead atoms. The fourth-order valence-corrected chi connectivity index (χ4v) is 5.09. The van der Waals surface area contributed by atoms with Gasteiger partial charge in [-0.3, -0.25) is 0 Å². The molecule has 0 fully saturated rings. The van der Waals surface area contributed by atoms with Crippen LogP contribution < -0.4 is 9.80 Å². The molecule has 0 radical (unpaired) electrons. The van der Waals surface area contributed by atoms with Gasteiger partial charge in [0.05, 0.1) is 17.1 Å². The summed E-state index contributed by atoms with van der Waals surface area (Å²) in [6.07, 6.45) is 0.178. The van der Waals surface area contributed by atoms with Crippen molar-refractivity contribution in [3.8, 4) is 11.3 Å². The van der Waals surface area contributed by atoms with Gasteiger partial charge in [0.2, 0.25) is 0 Å². The maximum absolute atomic E-state index is 6.27. The second-order valence-corrected chi connectivity index (χ2v) is 8.65. The molecule has 1 atom stereocenters. The summed E-state index contributed by atoms with van der Waals surface area (Å²) in [4.78, 5) is 9.91. The number of hydrogen-bond donors (Lipinski definition) is 0. The second kappa shape index (κ2) is 7.13. The molecule has 1 unspecified atom stereocenters. The van der Waals surface area contributed by atoms with Crippen molar-refractivity contribution in [3.63, 3.8) is 0 Å². The van der Waals surface area contributed by atoms with Crippen LogP contribution in [0.1, 0.15) is 20.8 Å². The van der Waals surface area contributed by atoms with Crippen molar-refractivity contribution in [1.29, 1.82) is 0 Å². The number of hydrogen-bond acceptors (Lipinski definition) is 4. The van der Waals surface area contributed by atoms with Gasteiger partial charge in [-0.2, -0.15) is 0 Å². The Bertz CT molecular complexity index is 1450. The summed E-state index contributed by atoms with van der Waals surface area (Å²) >= 11 is 0. The van der Waals surface area contributed by atoms with E-state index in [-0.39, 0.29) is 6.17 Å². The van der Waals surface area contributed by atoms with E-state index in [1.807, 2.05) is 12.1 Å². The average molecular weight is 420 g/mol. The first-order valence-corrected chi connectivity index (χ1v) is 11.2. The molecule has 3 aromatic carbocycles. The minimum atomic E-state index is 0.178. The lowest BCUT2D eigenvalue weighted by atomic mass is 10.1. The van der Waals surface area contributed by atoms with Gasteiger partial charge in [-0.25, -0.2) is 4.98 Å². The van der Waals surface area contributed by atoms with E-state index in [2.05, 4.69) is 103 Å². The zero-order chi connectivity index (χ0) is 21.8. The highest BCUT2D eigenvalue weighted by Gasteiger charge is 2.35. The van der Waals surface area contributed by atoms with Crippen LogP contribution in [0.3, 0.4) is 0 Å². The third kappa shape index (κ3) is 2.72. The Kier molecular flexibility index (Phi) is 4.22. The number of para-hydroxylation sites is 4. The summed E-state index contributed by atoms with van der Waals surface area (Å²) in [6, 6.07) is 29.7. The van der Waals surface area contributed by atoms with E-state index in [9.17, 15) is 0 Å². The summed E-state index contributed by atoms with van der Waals surface area (Å²) < 4.78 is 6.27. The Labute approximate surface area is 187 Å². The highest BCUT2D eigenvalue weighted by atomic mass is 16.3. The van der Waals surface area contributed by atoms with Crippen LogP contribution in [-0.2, 0) is 0 Å². The van der Waals surface area contributed by atoms with E-state index in [1.165, 1.54) is 11.4 Å². The van der Waals surface area contributed by atoms with Crippen LogP contribution in [0.5, 0.6) is 0 Å². The first kappa shape index (κ1) is 18.9. The van der Waals surface area contributed by atoms with E-state index in [1.54, 1.807) is 0 Å². The lowest BCUT2D eigenvalue weighted by molar-refractivity contribution is 0.604. The summed E-state index contributed by atoms with van der Waals surface area (Å²) in [6.45, 7) is 6.72. The average Bonchev–Trinajstić information content (AvgIpc) is 3.33. The van der Waals surface area contributed by atoms with Crippen molar-refractivity contribution in [2.75, 3.05) is 9.80 Å². The molecule has 1 aliphatic heterocycles. The third-order valence-corrected chi connectivity index (χ3v) is 6.41. The molecule has 3 heterocycles. The number of benzene rings is 3. The first-order valence-electron chi connectivity index (χ1n) is 11.2. The molecule has 4 heteroatoms. The lowest BCUT2D eigenvalue weighted by Gasteiger charge is -2.32. The highest BCUT2D eigenvalue weighted by molar-refractivity contribution is 6.09. The fourth-order valence-electron chi connectivity index (χ4n) is 5.09. The minimum Gasteiger partial charge on any atom is -0.455 e. The van der Waals surface area contributed by atoms with Gasteiger partial charge >= 0.3 is 0 Å². The van der Waals surface area contributed by atoms with Gasteiger partial charge in [0.25, 0.3) is 0 Å². The van der Waals surface area contributed by atoms with Gasteiger partial charge in [-0.05, 0) is 57.2 Å². The molecule has 1 aliphatic rings. The Balaban J connectivity index is 1.50. The minimum absolute atomic E-state index is 0.178.